The first-order valence-corrected chi connectivity index (χ1v) is 4.74. The summed E-state index contributed by atoms with van der Waals surface area (Å²) < 4.78 is 25.1. The predicted octanol–water partition coefficient (Wildman–Crippen LogP) is 2.01. The van der Waals surface area contributed by atoms with Gasteiger partial charge in [0.2, 0.25) is 0 Å². The second-order valence-electron chi connectivity index (χ2n) is 3.03. The number of alkyl halides is 2. The van der Waals surface area contributed by atoms with E-state index in [-0.39, 0.29) is 6.42 Å². The number of aliphatic hydroxyl groups excluding tert-OH is 1. The molecule has 1 atom stereocenters. The molecule has 0 radical (unpaired) electrons. The molecule has 1 heterocycles. The van der Waals surface area contributed by atoms with Gasteiger partial charge in [-0.1, -0.05) is 0 Å². The molecule has 0 spiro atoms. The Morgan fingerprint density at radius 3 is 2.69 bits per heavy atom. The molecule has 0 aliphatic carbocycles. The molecule has 0 aliphatic heterocycles. The van der Waals surface area contributed by atoms with Crippen LogP contribution >= 0.6 is 11.3 Å². The third kappa shape index (κ3) is 3.00. The highest BCUT2D eigenvalue weighted by atomic mass is 32.1. The third-order valence-corrected chi connectivity index (χ3v) is 2.48. The summed E-state index contributed by atoms with van der Waals surface area (Å²) in [6.07, 6.45) is -1.73. The minimum absolute atomic E-state index is 0.0894. The van der Waals surface area contributed by atoms with E-state index in [1.54, 1.807) is 12.3 Å². The second kappa shape index (κ2) is 3.67. The van der Waals surface area contributed by atoms with E-state index in [0.29, 0.717) is 12.6 Å². The summed E-state index contributed by atoms with van der Waals surface area (Å²) in [5.41, 5.74) is 0.525. The summed E-state index contributed by atoms with van der Waals surface area (Å²) in [4.78, 5) is 3.99. The average molecular weight is 207 g/mol. The topological polar surface area (TPSA) is 33.1 Å². The number of nitrogens with zero attached hydrogens (tertiary/aromatic N) is 1. The van der Waals surface area contributed by atoms with E-state index in [2.05, 4.69) is 4.98 Å². The molecule has 74 valence electrons. The molecule has 0 saturated carbocycles. The monoisotopic (exact) mass is 207 g/mol. The molecule has 0 amide bonds. The summed E-state index contributed by atoms with van der Waals surface area (Å²) >= 11 is 1.39. The second-order valence-corrected chi connectivity index (χ2v) is 4.10. The Morgan fingerprint density at radius 2 is 2.31 bits per heavy atom. The number of aromatic nitrogens is 1. The average Bonchev–Trinajstić information content (AvgIpc) is 2.33. The van der Waals surface area contributed by atoms with Crippen molar-refractivity contribution in [2.45, 2.75) is 32.3 Å². The van der Waals surface area contributed by atoms with Crippen molar-refractivity contribution >= 4 is 11.3 Å². The van der Waals surface area contributed by atoms with Crippen molar-refractivity contribution < 1.29 is 13.9 Å². The van der Waals surface area contributed by atoms with Gasteiger partial charge in [0.1, 0.15) is 6.10 Å². The lowest BCUT2D eigenvalue weighted by atomic mass is 10.1. The normalized spacial score (nSPS) is 14.5. The highest BCUT2D eigenvalue weighted by Crippen LogP contribution is 2.21. The molecule has 0 bridgehead atoms. The maximum atomic E-state index is 12.5. The lowest BCUT2D eigenvalue weighted by Gasteiger charge is -2.16. The molecule has 0 aromatic carbocycles. The van der Waals surface area contributed by atoms with Crippen LogP contribution in [-0.2, 0) is 6.42 Å². The van der Waals surface area contributed by atoms with E-state index in [1.807, 2.05) is 0 Å². The van der Waals surface area contributed by atoms with E-state index < -0.39 is 12.0 Å². The molecule has 1 rings (SSSR count). The lowest BCUT2D eigenvalue weighted by molar-refractivity contribution is -0.0924. The summed E-state index contributed by atoms with van der Waals surface area (Å²) in [7, 11) is 0. The van der Waals surface area contributed by atoms with Crippen LogP contribution < -0.4 is 0 Å². The molecule has 0 saturated heterocycles. The summed E-state index contributed by atoms with van der Waals surface area (Å²) in [5.74, 6) is -3.06. The summed E-state index contributed by atoms with van der Waals surface area (Å²) in [6.45, 7) is 2.50. The first-order chi connectivity index (χ1) is 5.89. The van der Waals surface area contributed by atoms with Crippen molar-refractivity contribution in [3.63, 3.8) is 0 Å². The van der Waals surface area contributed by atoms with Crippen LogP contribution in [0.25, 0.3) is 0 Å². The SMILES string of the molecule is Cc1nc(CC(O)C(C)(F)F)cs1. The Labute approximate surface area is 79.2 Å². The van der Waals surface area contributed by atoms with Gasteiger partial charge in [0.15, 0.2) is 0 Å². The lowest BCUT2D eigenvalue weighted by Crippen LogP contribution is -2.31. The zero-order valence-electron chi connectivity index (χ0n) is 7.42. The van der Waals surface area contributed by atoms with Crippen LogP contribution in [0.15, 0.2) is 5.38 Å². The van der Waals surface area contributed by atoms with E-state index in [9.17, 15) is 8.78 Å². The fraction of sp³-hybridized carbons (Fsp3) is 0.625. The fourth-order valence-electron chi connectivity index (χ4n) is 0.879. The highest BCUT2D eigenvalue weighted by Gasteiger charge is 2.32. The maximum absolute atomic E-state index is 12.5. The summed E-state index contributed by atoms with van der Waals surface area (Å²) in [6, 6.07) is 0. The van der Waals surface area contributed by atoms with Crippen LogP contribution in [-0.4, -0.2) is 22.1 Å². The smallest absolute Gasteiger partial charge is 0.271 e. The van der Waals surface area contributed by atoms with Crippen LogP contribution in [0.4, 0.5) is 8.78 Å². The fourth-order valence-corrected chi connectivity index (χ4v) is 1.50. The third-order valence-electron chi connectivity index (χ3n) is 1.65. The van der Waals surface area contributed by atoms with Crippen molar-refractivity contribution in [3.05, 3.63) is 16.1 Å². The van der Waals surface area contributed by atoms with Gasteiger partial charge in [-0.05, 0) is 6.92 Å². The van der Waals surface area contributed by atoms with Gasteiger partial charge in [0.05, 0.1) is 10.7 Å². The molecule has 1 unspecified atom stereocenters. The zero-order valence-corrected chi connectivity index (χ0v) is 8.24. The first kappa shape index (κ1) is 10.5. The predicted molar refractivity (Wildman–Crippen MR) is 47.2 cm³/mol. The molecule has 2 nitrogen and oxygen atoms in total. The minimum atomic E-state index is -3.06. The van der Waals surface area contributed by atoms with Crippen molar-refractivity contribution in [2.75, 3.05) is 0 Å². The van der Waals surface area contributed by atoms with Crippen LogP contribution in [0.3, 0.4) is 0 Å². The molecular formula is C8H11F2NOS. The van der Waals surface area contributed by atoms with Gasteiger partial charge < -0.3 is 5.11 Å². The number of hydrogen-bond acceptors (Lipinski definition) is 3. The number of halogens is 2. The molecular weight excluding hydrogens is 196 g/mol. The Morgan fingerprint density at radius 1 is 1.69 bits per heavy atom. The number of hydrogen-bond donors (Lipinski definition) is 1. The van der Waals surface area contributed by atoms with Crippen LogP contribution in [0.5, 0.6) is 0 Å². The quantitative estimate of drug-likeness (QED) is 0.822. The number of aryl methyl sites for hydroxylation is 1. The van der Waals surface area contributed by atoms with Gasteiger partial charge in [-0.3, -0.25) is 0 Å². The van der Waals surface area contributed by atoms with Gasteiger partial charge in [-0.15, -0.1) is 11.3 Å². The number of aliphatic hydroxyl groups is 1. The van der Waals surface area contributed by atoms with Gasteiger partial charge >= 0.3 is 0 Å². The Balaban J connectivity index is 2.60. The zero-order chi connectivity index (χ0) is 10.1. The van der Waals surface area contributed by atoms with Crippen LogP contribution in [0.1, 0.15) is 17.6 Å². The van der Waals surface area contributed by atoms with Gasteiger partial charge in [0, 0.05) is 18.7 Å². The maximum Gasteiger partial charge on any atom is 0.271 e. The molecule has 5 heteroatoms. The molecule has 0 fully saturated rings. The minimum Gasteiger partial charge on any atom is -0.386 e. The molecule has 0 aliphatic rings. The Hall–Kier alpha value is -0.550. The van der Waals surface area contributed by atoms with E-state index >= 15 is 0 Å². The molecule has 1 aromatic rings. The molecule has 1 aromatic heterocycles. The van der Waals surface area contributed by atoms with Crippen LogP contribution in [0.2, 0.25) is 0 Å². The highest BCUT2D eigenvalue weighted by molar-refractivity contribution is 7.09. The van der Waals surface area contributed by atoms with Crippen LogP contribution in [0, 0.1) is 6.92 Å². The van der Waals surface area contributed by atoms with E-state index in [1.165, 1.54) is 11.3 Å². The van der Waals surface area contributed by atoms with Crippen molar-refractivity contribution in [1.82, 2.24) is 4.98 Å². The van der Waals surface area contributed by atoms with Crippen molar-refractivity contribution in [3.8, 4) is 0 Å². The van der Waals surface area contributed by atoms with Gasteiger partial charge in [0.25, 0.3) is 5.92 Å². The van der Waals surface area contributed by atoms with E-state index in [4.69, 9.17) is 5.11 Å². The Kier molecular flexibility index (Phi) is 2.98. The van der Waals surface area contributed by atoms with Gasteiger partial charge in [-0.25, -0.2) is 13.8 Å². The van der Waals surface area contributed by atoms with Crippen molar-refractivity contribution in [1.29, 1.82) is 0 Å². The molecule has 13 heavy (non-hydrogen) atoms. The largest absolute Gasteiger partial charge is 0.386 e. The summed E-state index contributed by atoms with van der Waals surface area (Å²) in [5, 5.41) is 11.6. The number of thiazole rings is 1. The van der Waals surface area contributed by atoms with Crippen molar-refractivity contribution in [2.24, 2.45) is 0 Å². The number of rotatable bonds is 3. The van der Waals surface area contributed by atoms with E-state index in [0.717, 1.165) is 5.01 Å². The standard InChI is InChI=1S/C8H11F2NOS/c1-5-11-6(4-13-5)3-7(12)8(2,9)10/h4,7,12H,3H2,1-2H3. The Bertz CT molecular complexity index is 282. The molecule has 1 N–H and O–H groups in total. The van der Waals surface area contributed by atoms with Gasteiger partial charge in [-0.2, -0.15) is 0 Å². The first-order valence-electron chi connectivity index (χ1n) is 3.86.